The number of benzene rings is 4. The molecule has 10 rings (SSSR count). The lowest BCUT2D eigenvalue weighted by Crippen LogP contribution is -2.33. The second kappa shape index (κ2) is 18.1. The molecule has 0 amide bonds. The van der Waals surface area contributed by atoms with Gasteiger partial charge in [0.2, 0.25) is 5.82 Å². The van der Waals surface area contributed by atoms with Gasteiger partial charge in [-0.2, -0.15) is 15.2 Å². The number of nitrogens with zero attached hydrogens (tertiary/aromatic N) is 9. The molecule has 20 heteroatoms. The van der Waals surface area contributed by atoms with Crippen molar-refractivity contribution in [3.05, 3.63) is 120 Å². The van der Waals surface area contributed by atoms with Crippen LogP contribution in [-0.2, 0) is 29.1 Å². The number of ether oxygens (including phenoxy) is 2. The Bertz CT molecular complexity index is 2980. The molecule has 8 atom stereocenters. The first kappa shape index (κ1) is 42.5. The molecular weight excluding hydrogens is 825 g/mol. The Hall–Kier alpha value is -6.77. The van der Waals surface area contributed by atoms with Gasteiger partial charge in [-0.25, -0.2) is 19.9 Å². The Kier molecular flexibility index (Phi) is 12.1. The molecule has 4 aromatic heterocycles. The highest BCUT2D eigenvalue weighted by Gasteiger charge is 2.45. The second-order valence-corrected chi connectivity index (χ2v) is 15.3. The van der Waals surface area contributed by atoms with Gasteiger partial charge in [0, 0.05) is 13.1 Å². The van der Waals surface area contributed by atoms with Crippen LogP contribution in [-0.4, -0.2) is 120 Å². The number of imidazole rings is 2. The third-order valence-corrected chi connectivity index (χ3v) is 11.4. The van der Waals surface area contributed by atoms with Crippen LogP contribution in [0.4, 0.5) is 11.6 Å². The minimum atomic E-state index is -1.29. The van der Waals surface area contributed by atoms with Crippen molar-refractivity contribution >= 4 is 55.5 Å². The molecule has 4 aromatic carbocycles. The van der Waals surface area contributed by atoms with Crippen LogP contribution in [0.2, 0.25) is 0 Å². The van der Waals surface area contributed by atoms with Gasteiger partial charge in [0.05, 0.1) is 32.4 Å². The minimum Gasteiger partial charge on any atom is -0.394 e. The fourth-order valence-corrected chi connectivity index (χ4v) is 8.11. The quantitative estimate of drug-likeness (QED) is 0.0894. The van der Waals surface area contributed by atoms with E-state index < -0.39 is 62.3 Å². The van der Waals surface area contributed by atoms with Gasteiger partial charge < -0.3 is 56.5 Å². The molecule has 8 aromatic rings. The van der Waals surface area contributed by atoms with Crippen molar-refractivity contribution in [3.8, 4) is 6.07 Å². The fourth-order valence-electron chi connectivity index (χ4n) is 8.11. The van der Waals surface area contributed by atoms with Crippen molar-refractivity contribution in [2.45, 2.75) is 68.7 Å². The van der Waals surface area contributed by atoms with E-state index in [1.165, 1.54) is 21.8 Å². The summed E-state index contributed by atoms with van der Waals surface area (Å²) in [6, 6.07) is 30.3. The summed E-state index contributed by atoms with van der Waals surface area (Å²) in [5.74, 6) is 1.19. The molecule has 2 aliphatic rings. The predicted molar refractivity (Wildman–Crippen MR) is 232 cm³/mol. The average molecular weight is 869 g/mol. The maximum atomic E-state index is 10.4. The first-order chi connectivity index (χ1) is 31.2. The van der Waals surface area contributed by atoms with E-state index in [1.807, 2.05) is 66.7 Å². The van der Waals surface area contributed by atoms with Crippen molar-refractivity contribution in [1.29, 1.82) is 5.26 Å². The lowest BCUT2D eigenvalue weighted by molar-refractivity contribution is -0.0511. The molecule has 2 fully saturated rings. The molecule has 64 heavy (non-hydrogen) atoms. The highest BCUT2D eigenvalue weighted by atomic mass is 16.6. The maximum absolute atomic E-state index is 10.4. The molecule has 0 saturated carbocycles. The van der Waals surface area contributed by atoms with Gasteiger partial charge in [-0.15, -0.1) is 0 Å². The minimum absolute atomic E-state index is 0.0774. The smallest absolute Gasteiger partial charge is 0.236 e. The normalized spacial score (nSPS) is 23.1. The van der Waals surface area contributed by atoms with E-state index >= 15 is 0 Å². The van der Waals surface area contributed by atoms with Gasteiger partial charge in [-0.3, -0.25) is 9.13 Å². The SMILES string of the molecule is N#Cc1nc(NCc2cccc3ccccc23)c2ncn([C@@H]3O[C@H](CO)[C@@H](O)[C@H]3O)c2n1.NCc1nc(NCc2cccc3ccccc23)c2ncn([C@@H]3O[C@H](CO)[C@@H](O)[C@H]3O)c2n1. The van der Waals surface area contributed by atoms with Gasteiger partial charge in [0.15, 0.2) is 46.4 Å². The van der Waals surface area contributed by atoms with E-state index in [2.05, 4.69) is 64.8 Å². The zero-order chi connectivity index (χ0) is 44.5. The van der Waals surface area contributed by atoms with Crippen molar-refractivity contribution < 1.29 is 40.1 Å². The third kappa shape index (κ3) is 7.92. The number of nitriles is 1. The summed E-state index contributed by atoms with van der Waals surface area (Å²) in [4.78, 5) is 26.2. The summed E-state index contributed by atoms with van der Waals surface area (Å²) in [5.41, 5.74) is 9.54. The second-order valence-electron chi connectivity index (χ2n) is 15.3. The molecule has 0 bridgehead atoms. The zero-order valence-electron chi connectivity index (χ0n) is 34.0. The van der Waals surface area contributed by atoms with Crippen LogP contribution < -0.4 is 16.4 Å². The lowest BCUT2D eigenvalue weighted by atomic mass is 10.0. The first-order valence-corrected chi connectivity index (χ1v) is 20.4. The molecule has 2 aliphatic heterocycles. The van der Waals surface area contributed by atoms with Crippen LogP contribution in [0.3, 0.4) is 0 Å². The van der Waals surface area contributed by atoms with Gasteiger partial charge in [-0.1, -0.05) is 84.9 Å². The molecule has 0 aliphatic carbocycles. The Morgan fingerprint density at radius 2 is 1.08 bits per heavy atom. The Balaban J connectivity index is 0.000000162. The molecular formula is C44H44N12O8. The first-order valence-electron chi connectivity index (χ1n) is 20.4. The van der Waals surface area contributed by atoms with Crippen molar-refractivity contribution in [2.75, 3.05) is 23.8 Å². The standard InChI is InChI=1S/C22H24N6O4.C22H20N6O4/c2*23-8-16-26-20(24-9-13-6-3-5-12-4-1-2-7-14(12)13)17-21(27-16)28(11-25-17)22-19(31)18(30)15(10-29)32-22/h1-7,11,15,18-19,22,29-31H,8-10,23H2,(H,24,26,27);1-7,11,15,18-19,22,29-31H,9-10H2,(H,24,26,27)/t2*15-,18-,19-,22-/m11/s1. The number of anilines is 2. The largest absolute Gasteiger partial charge is 0.394 e. The van der Waals surface area contributed by atoms with Gasteiger partial charge in [0.1, 0.15) is 48.5 Å². The van der Waals surface area contributed by atoms with Crippen LogP contribution in [0.5, 0.6) is 0 Å². The number of aromatic nitrogens is 8. The Labute approximate surface area is 363 Å². The van der Waals surface area contributed by atoms with Crippen LogP contribution >= 0.6 is 0 Å². The van der Waals surface area contributed by atoms with Crippen LogP contribution in [0.1, 0.15) is 35.2 Å². The highest BCUT2D eigenvalue weighted by Crippen LogP contribution is 2.34. The van der Waals surface area contributed by atoms with E-state index in [9.17, 15) is 35.9 Å². The number of nitrogens with one attached hydrogen (secondary N) is 2. The number of aliphatic hydroxyl groups is 6. The number of aliphatic hydroxyl groups excluding tert-OH is 6. The summed E-state index contributed by atoms with van der Waals surface area (Å²) in [7, 11) is 0. The molecule has 20 nitrogen and oxygen atoms in total. The monoisotopic (exact) mass is 868 g/mol. The zero-order valence-corrected chi connectivity index (χ0v) is 34.0. The van der Waals surface area contributed by atoms with Gasteiger partial charge in [0.25, 0.3) is 0 Å². The topological polar surface area (TPSA) is 301 Å². The lowest BCUT2D eigenvalue weighted by Gasteiger charge is -2.17. The number of rotatable bonds is 11. The average Bonchev–Trinajstić information content (AvgIpc) is 4.10. The van der Waals surface area contributed by atoms with Gasteiger partial charge >= 0.3 is 0 Å². The van der Waals surface area contributed by atoms with Gasteiger partial charge in [-0.05, 0) is 32.7 Å². The summed E-state index contributed by atoms with van der Waals surface area (Å²) < 4.78 is 14.2. The van der Waals surface area contributed by atoms with Crippen LogP contribution in [0.25, 0.3) is 43.9 Å². The molecule has 0 spiro atoms. The number of fused-ring (bicyclic) bond motifs is 4. The van der Waals surface area contributed by atoms with Crippen molar-refractivity contribution in [3.63, 3.8) is 0 Å². The van der Waals surface area contributed by atoms with E-state index in [0.717, 1.165) is 32.7 Å². The molecule has 0 unspecified atom stereocenters. The highest BCUT2D eigenvalue weighted by molar-refractivity contribution is 5.88. The van der Waals surface area contributed by atoms with E-state index in [0.29, 0.717) is 47.2 Å². The Morgan fingerprint density at radius 1 is 0.609 bits per heavy atom. The van der Waals surface area contributed by atoms with E-state index in [1.54, 1.807) is 0 Å². The summed E-state index contributed by atoms with van der Waals surface area (Å²) in [5, 5.41) is 80.3. The van der Waals surface area contributed by atoms with E-state index in [4.69, 9.17) is 15.2 Å². The predicted octanol–water partition coefficient (Wildman–Crippen LogP) is 1.74. The summed E-state index contributed by atoms with van der Waals surface area (Å²) in [6.07, 6.45) is -5.93. The maximum Gasteiger partial charge on any atom is 0.236 e. The third-order valence-electron chi connectivity index (χ3n) is 11.4. The summed E-state index contributed by atoms with van der Waals surface area (Å²) in [6.45, 7) is 0.205. The van der Waals surface area contributed by atoms with Crippen molar-refractivity contribution in [1.82, 2.24) is 39.0 Å². The summed E-state index contributed by atoms with van der Waals surface area (Å²) >= 11 is 0. The number of nitrogens with two attached hydrogens (primary N) is 1. The van der Waals surface area contributed by atoms with Crippen molar-refractivity contribution in [2.24, 2.45) is 5.73 Å². The number of hydrogen-bond donors (Lipinski definition) is 9. The van der Waals surface area contributed by atoms with E-state index in [-0.39, 0.29) is 18.0 Å². The van der Waals surface area contributed by atoms with Crippen LogP contribution in [0.15, 0.2) is 97.6 Å². The number of hydrogen-bond acceptors (Lipinski definition) is 18. The fraction of sp³-hybridized carbons (Fsp3) is 0.295. The molecule has 10 N–H and O–H groups in total. The molecule has 0 radical (unpaired) electrons. The molecule has 6 heterocycles. The Morgan fingerprint density at radius 3 is 1.55 bits per heavy atom. The van der Waals surface area contributed by atoms with Crippen LogP contribution in [0, 0.1) is 11.3 Å². The molecule has 328 valence electrons. The molecule has 2 saturated heterocycles.